The summed E-state index contributed by atoms with van der Waals surface area (Å²) in [6.07, 6.45) is 0.739. The zero-order chi connectivity index (χ0) is 13.8. The van der Waals surface area contributed by atoms with E-state index >= 15 is 0 Å². The summed E-state index contributed by atoms with van der Waals surface area (Å²) in [5.41, 5.74) is 7.72. The second-order valence-electron chi connectivity index (χ2n) is 4.30. The summed E-state index contributed by atoms with van der Waals surface area (Å²) in [6, 6.07) is 11.6. The van der Waals surface area contributed by atoms with Gasteiger partial charge in [0.15, 0.2) is 0 Å². The summed E-state index contributed by atoms with van der Waals surface area (Å²) in [5.74, 6) is 1.63. The van der Waals surface area contributed by atoms with Crippen molar-refractivity contribution in [1.29, 1.82) is 0 Å². The Labute approximate surface area is 126 Å². The largest absolute Gasteiger partial charge is 0.457 e. The van der Waals surface area contributed by atoms with Gasteiger partial charge in [0.2, 0.25) is 0 Å². The molecule has 4 heteroatoms. The SMILES string of the molecule is Cc1ccc(Br)cc1Oc1ccc(Cl)cc1CCN. The molecule has 19 heavy (non-hydrogen) atoms. The standard InChI is InChI=1S/C15H15BrClNO/c1-10-2-3-12(16)9-15(10)19-14-5-4-13(17)8-11(14)6-7-18/h2-5,8-9H,6-7,18H2,1H3. The first kappa shape index (κ1) is 14.4. The Bertz CT molecular complexity index is 586. The van der Waals surface area contributed by atoms with Crippen LogP contribution in [0.15, 0.2) is 40.9 Å². The van der Waals surface area contributed by atoms with E-state index in [2.05, 4.69) is 15.9 Å². The zero-order valence-electron chi connectivity index (χ0n) is 10.6. The van der Waals surface area contributed by atoms with Gasteiger partial charge in [-0.05, 0) is 61.3 Å². The van der Waals surface area contributed by atoms with Gasteiger partial charge in [-0.25, -0.2) is 0 Å². The first-order valence-corrected chi connectivity index (χ1v) is 7.20. The molecule has 0 saturated carbocycles. The first-order valence-electron chi connectivity index (χ1n) is 6.02. The predicted molar refractivity (Wildman–Crippen MR) is 83.2 cm³/mol. The van der Waals surface area contributed by atoms with Gasteiger partial charge in [0, 0.05) is 9.50 Å². The molecule has 0 aliphatic carbocycles. The molecule has 0 fully saturated rings. The molecule has 2 nitrogen and oxygen atoms in total. The Hall–Kier alpha value is -1.03. The van der Waals surface area contributed by atoms with Crippen LogP contribution in [0.5, 0.6) is 11.5 Å². The molecular weight excluding hydrogens is 326 g/mol. The summed E-state index contributed by atoms with van der Waals surface area (Å²) in [7, 11) is 0. The molecule has 0 aliphatic rings. The molecule has 0 heterocycles. The van der Waals surface area contributed by atoms with Gasteiger partial charge < -0.3 is 10.5 Å². The maximum absolute atomic E-state index is 6.01. The molecular formula is C15H15BrClNO. The summed E-state index contributed by atoms with van der Waals surface area (Å²) in [4.78, 5) is 0. The topological polar surface area (TPSA) is 35.2 Å². The van der Waals surface area contributed by atoms with Gasteiger partial charge in [-0.3, -0.25) is 0 Å². The van der Waals surface area contributed by atoms with Crippen LogP contribution in [0.3, 0.4) is 0 Å². The van der Waals surface area contributed by atoms with Gasteiger partial charge in [0.05, 0.1) is 0 Å². The molecule has 0 aliphatic heterocycles. The normalized spacial score (nSPS) is 10.5. The molecule has 0 radical (unpaired) electrons. The molecule has 0 bridgehead atoms. The zero-order valence-corrected chi connectivity index (χ0v) is 13.0. The van der Waals surface area contributed by atoms with Crippen molar-refractivity contribution >= 4 is 27.5 Å². The third kappa shape index (κ3) is 3.72. The number of halogens is 2. The molecule has 100 valence electrons. The fourth-order valence-electron chi connectivity index (χ4n) is 1.80. The van der Waals surface area contributed by atoms with Crippen LogP contribution in [-0.4, -0.2) is 6.54 Å². The number of benzene rings is 2. The van der Waals surface area contributed by atoms with Crippen LogP contribution in [-0.2, 0) is 6.42 Å². The van der Waals surface area contributed by atoms with Gasteiger partial charge in [0.25, 0.3) is 0 Å². The fourth-order valence-corrected chi connectivity index (χ4v) is 2.34. The molecule has 2 N–H and O–H groups in total. The third-order valence-electron chi connectivity index (χ3n) is 2.81. The van der Waals surface area contributed by atoms with E-state index in [0.717, 1.165) is 33.5 Å². The summed E-state index contributed by atoms with van der Waals surface area (Å²) in [6.45, 7) is 2.58. The van der Waals surface area contributed by atoms with E-state index < -0.39 is 0 Å². The highest BCUT2D eigenvalue weighted by molar-refractivity contribution is 9.10. The number of aryl methyl sites for hydroxylation is 1. The van der Waals surface area contributed by atoms with Crippen molar-refractivity contribution in [3.8, 4) is 11.5 Å². The minimum atomic E-state index is 0.564. The van der Waals surface area contributed by atoms with Crippen LogP contribution in [0.25, 0.3) is 0 Å². The maximum atomic E-state index is 6.01. The number of rotatable bonds is 4. The van der Waals surface area contributed by atoms with Crippen molar-refractivity contribution < 1.29 is 4.74 Å². The number of ether oxygens (including phenoxy) is 1. The lowest BCUT2D eigenvalue weighted by Gasteiger charge is -2.13. The van der Waals surface area contributed by atoms with Crippen molar-refractivity contribution in [1.82, 2.24) is 0 Å². The van der Waals surface area contributed by atoms with E-state index in [1.54, 1.807) is 0 Å². The fraction of sp³-hybridized carbons (Fsp3) is 0.200. The van der Waals surface area contributed by atoms with Crippen LogP contribution in [0, 0.1) is 6.92 Å². The first-order chi connectivity index (χ1) is 9.10. The lowest BCUT2D eigenvalue weighted by Crippen LogP contribution is -2.04. The Morgan fingerprint density at radius 2 is 1.95 bits per heavy atom. The lowest BCUT2D eigenvalue weighted by atomic mass is 10.1. The minimum absolute atomic E-state index is 0.564. The van der Waals surface area contributed by atoms with Crippen LogP contribution >= 0.6 is 27.5 Å². The van der Waals surface area contributed by atoms with E-state index in [9.17, 15) is 0 Å². The highest BCUT2D eigenvalue weighted by Gasteiger charge is 2.08. The average molecular weight is 341 g/mol. The number of hydrogen-bond donors (Lipinski definition) is 1. The molecule has 0 amide bonds. The second kappa shape index (κ2) is 6.42. The van der Waals surface area contributed by atoms with Crippen LogP contribution in [0.1, 0.15) is 11.1 Å². The van der Waals surface area contributed by atoms with E-state index in [1.165, 1.54) is 0 Å². The van der Waals surface area contributed by atoms with Crippen molar-refractivity contribution in [3.63, 3.8) is 0 Å². The van der Waals surface area contributed by atoms with Crippen molar-refractivity contribution in [3.05, 3.63) is 57.0 Å². The Balaban J connectivity index is 2.34. The van der Waals surface area contributed by atoms with E-state index in [4.69, 9.17) is 22.1 Å². The van der Waals surface area contributed by atoms with Gasteiger partial charge in [0.1, 0.15) is 11.5 Å². The number of hydrogen-bond acceptors (Lipinski definition) is 2. The summed E-state index contributed by atoms with van der Waals surface area (Å²) >= 11 is 9.46. The Kier molecular flexibility index (Phi) is 4.86. The Morgan fingerprint density at radius 3 is 2.68 bits per heavy atom. The average Bonchev–Trinajstić information content (AvgIpc) is 2.37. The van der Waals surface area contributed by atoms with Crippen LogP contribution in [0.2, 0.25) is 5.02 Å². The summed E-state index contributed by atoms with van der Waals surface area (Å²) < 4.78 is 6.97. The van der Waals surface area contributed by atoms with E-state index in [0.29, 0.717) is 11.6 Å². The lowest BCUT2D eigenvalue weighted by molar-refractivity contribution is 0.472. The predicted octanol–water partition coefficient (Wildman–Crippen LogP) is 4.70. The molecule has 0 atom stereocenters. The van der Waals surface area contributed by atoms with Crippen LogP contribution in [0.4, 0.5) is 0 Å². The Morgan fingerprint density at radius 1 is 1.16 bits per heavy atom. The maximum Gasteiger partial charge on any atom is 0.131 e. The van der Waals surface area contributed by atoms with E-state index in [1.807, 2.05) is 43.3 Å². The molecule has 0 spiro atoms. The van der Waals surface area contributed by atoms with Crippen molar-refractivity contribution in [2.24, 2.45) is 5.73 Å². The van der Waals surface area contributed by atoms with Gasteiger partial charge in [-0.2, -0.15) is 0 Å². The third-order valence-corrected chi connectivity index (χ3v) is 3.53. The summed E-state index contributed by atoms with van der Waals surface area (Å²) in [5, 5.41) is 0.696. The molecule has 2 aromatic rings. The molecule has 0 unspecified atom stereocenters. The monoisotopic (exact) mass is 339 g/mol. The second-order valence-corrected chi connectivity index (χ2v) is 5.65. The van der Waals surface area contributed by atoms with Gasteiger partial charge >= 0.3 is 0 Å². The highest BCUT2D eigenvalue weighted by atomic mass is 79.9. The van der Waals surface area contributed by atoms with E-state index in [-0.39, 0.29) is 0 Å². The smallest absolute Gasteiger partial charge is 0.131 e. The minimum Gasteiger partial charge on any atom is -0.457 e. The molecule has 2 rings (SSSR count). The highest BCUT2D eigenvalue weighted by Crippen LogP contribution is 2.31. The molecule has 0 aromatic heterocycles. The van der Waals surface area contributed by atoms with Crippen molar-refractivity contribution in [2.75, 3.05) is 6.54 Å². The molecule has 2 aromatic carbocycles. The van der Waals surface area contributed by atoms with Gasteiger partial charge in [-0.15, -0.1) is 0 Å². The quantitative estimate of drug-likeness (QED) is 0.875. The van der Waals surface area contributed by atoms with Gasteiger partial charge in [-0.1, -0.05) is 33.6 Å². The molecule has 0 saturated heterocycles. The van der Waals surface area contributed by atoms with Crippen molar-refractivity contribution in [2.45, 2.75) is 13.3 Å². The van der Waals surface area contributed by atoms with Crippen LogP contribution < -0.4 is 10.5 Å². The number of nitrogens with two attached hydrogens (primary N) is 1.